The number of ether oxygens (including phenoxy) is 2. The van der Waals surface area contributed by atoms with E-state index >= 15 is 0 Å². The number of rotatable bonds is 5. The lowest BCUT2D eigenvalue weighted by molar-refractivity contribution is 0.398. The van der Waals surface area contributed by atoms with E-state index in [2.05, 4.69) is 39.0 Å². The molecule has 136 valence electrons. The number of hydrogen-bond acceptors (Lipinski definition) is 5. The topological polar surface area (TPSA) is 61.2 Å². The summed E-state index contributed by atoms with van der Waals surface area (Å²) in [5.74, 6) is 2.19. The van der Waals surface area contributed by atoms with Crippen molar-refractivity contribution >= 4 is 22.4 Å². The first kappa shape index (κ1) is 16.9. The van der Waals surface area contributed by atoms with Crippen LogP contribution in [0.25, 0.3) is 22.2 Å². The normalized spacial score (nSPS) is 10.8. The van der Waals surface area contributed by atoms with Crippen LogP contribution >= 0.6 is 0 Å². The second kappa shape index (κ2) is 6.99. The Bertz CT molecular complexity index is 1090. The van der Waals surface area contributed by atoms with Gasteiger partial charge in [0.15, 0.2) is 0 Å². The standard InChI is InChI=1S/C21H20N4O2/c1-25-18-9-10-22-21(24-15-7-8-20(27-3)23-13-15)17(18)12-19(25)14-5-4-6-16(11-14)26-2/h4-13H,1-3H3,(H,22,24). The summed E-state index contributed by atoms with van der Waals surface area (Å²) in [4.78, 5) is 8.75. The van der Waals surface area contributed by atoms with E-state index in [-0.39, 0.29) is 0 Å². The van der Waals surface area contributed by atoms with Gasteiger partial charge < -0.3 is 19.4 Å². The fraction of sp³-hybridized carbons (Fsp3) is 0.143. The predicted octanol–water partition coefficient (Wildman–Crippen LogP) is 4.40. The molecule has 0 unspecified atom stereocenters. The van der Waals surface area contributed by atoms with Gasteiger partial charge in [0.25, 0.3) is 0 Å². The molecule has 0 aliphatic heterocycles. The van der Waals surface area contributed by atoms with Gasteiger partial charge >= 0.3 is 0 Å². The summed E-state index contributed by atoms with van der Waals surface area (Å²) in [5.41, 5.74) is 4.12. The number of nitrogens with zero attached hydrogens (tertiary/aromatic N) is 3. The van der Waals surface area contributed by atoms with E-state index in [0.717, 1.165) is 39.4 Å². The van der Waals surface area contributed by atoms with Crippen molar-refractivity contribution in [3.63, 3.8) is 0 Å². The first-order valence-corrected chi connectivity index (χ1v) is 8.55. The first-order chi connectivity index (χ1) is 13.2. The summed E-state index contributed by atoms with van der Waals surface area (Å²) >= 11 is 0. The lowest BCUT2D eigenvalue weighted by atomic mass is 10.1. The quantitative estimate of drug-likeness (QED) is 0.572. The highest BCUT2D eigenvalue weighted by Gasteiger charge is 2.12. The summed E-state index contributed by atoms with van der Waals surface area (Å²) in [6.07, 6.45) is 3.53. The summed E-state index contributed by atoms with van der Waals surface area (Å²) in [7, 11) is 5.33. The van der Waals surface area contributed by atoms with Crippen molar-refractivity contribution in [1.29, 1.82) is 0 Å². The maximum absolute atomic E-state index is 5.36. The van der Waals surface area contributed by atoms with Gasteiger partial charge in [0.2, 0.25) is 5.88 Å². The SMILES string of the molecule is COc1cccc(-c2cc3c(Nc4ccc(OC)nc4)nccc3n2C)c1. The van der Waals surface area contributed by atoms with E-state index in [1.165, 1.54) is 0 Å². The first-order valence-electron chi connectivity index (χ1n) is 8.55. The van der Waals surface area contributed by atoms with Gasteiger partial charge in [-0.2, -0.15) is 0 Å². The number of fused-ring (bicyclic) bond motifs is 1. The molecule has 6 nitrogen and oxygen atoms in total. The Morgan fingerprint density at radius 3 is 2.59 bits per heavy atom. The highest BCUT2D eigenvalue weighted by Crippen LogP contribution is 2.33. The minimum Gasteiger partial charge on any atom is -0.497 e. The van der Waals surface area contributed by atoms with E-state index in [1.54, 1.807) is 26.6 Å². The van der Waals surface area contributed by atoms with Gasteiger partial charge in [-0.25, -0.2) is 9.97 Å². The average Bonchev–Trinajstić information content (AvgIpc) is 3.06. The smallest absolute Gasteiger partial charge is 0.213 e. The fourth-order valence-corrected chi connectivity index (χ4v) is 3.13. The number of anilines is 2. The molecule has 0 bridgehead atoms. The molecule has 0 atom stereocenters. The molecule has 27 heavy (non-hydrogen) atoms. The Kier molecular flexibility index (Phi) is 4.38. The highest BCUT2D eigenvalue weighted by molar-refractivity contribution is 5.95. The number of nitrogens with one attached hydrogen (secondary N) is 1. The molecule has 4 rings (SSSR count). The van der Waals surface area contributed by atoms with Crippen LogP contribution in [0.1, 0.15) is 0 Å². The third-order valence-electron chi connectivity index (χ3n) is 4.54. The molecule has 0 aliphatic carbocycles. The van der Waals surface area contributed by atoms with E-state index in [4.69, 9.17) is 9.47 Å². The largest absolute Gasteiger partial charge is 0.497 e. The number of pyridine rings is 2. The fourth-order valence-electron chi connectivity index (χ4n) is 3.13. The van der Waals surface area contributed by atoms with Gasteiger partial charge in [0, 0.05) is 36.0 Å². The van der Waals surface area contributed by atoms with Crippen molar-refractivity contribution < 1.29 is 9.47 Å². The molecule has 0 amide bonds. The van der Waals surface area contributed by atoms with Crippen LogP contribution in [0.2, 0.25) is 0 Å². The van der Waals surface area contributed by atoms with Gasteiger partial charge in [-0.05, 0) is 30.3 Å². The van der Waals surface area contributed by atoms with Crippen molar-refractivity contribution in [2.24, 2.45) is 7.05 Å². The zero-order chi connectivity index (χ0) is 18.8. The Hall–Kier alpha value is -3.54. The molecular weight excluding hydrogens is 340 g/mol. The molecule has 0 saturated heterocycles. The van der Waals surface area contributed by atoms with Crippen LogP contribution in [0, 0.1) is 0 Å². The van der Waals surface area contributed by atoms with Crippen LogP contribution in [0.5, 0.6) is 11.6 Å². The Balaban J connectivity index is 1.76. The lowest BCUT2D eigenvalue weighted by Crippen LogP contribution is -1.96. The van der Waals surface area contributed by atoms with Crippen molar-refractivity contribution in [2.75, 3.05) is 19.5 Å². The van der Waals surface area contributed by atoms with E-state index in [0.29, 0.717) is 5.88 Å². The molecule has 0 fully saturated rings. The zero-order valence-corrected chi connectivity index (χ0v) is 15.4. The molecule has 0 radical (unpaired) electrons. The third-order valence-corrected chi connectivity index (χ3v) is 4.54. The Morgan fingerprint density at radius 1 is 0.963 bits per heavy atom. The molecule has 3 heterocycles. The number of aryl methyl sites for hydroxylation is 1. The van der Waals surface area contributed by atoms with E-state index in [9.17, 15) is 0 Å². The van der Waals surface area contributed by atoms with Crippen LogP contribution < -0.4 is 14.8 Å². The van der Waals surface area contributed by atoms with Crippen molar-refractivity contribution in [1.82, 2.24) is 14.5 Å². The lowest BCUT2D eigenvalue weighted by Gasteiger charge is -2.08. The van der Waals surface area contributed by atoms with Crippen LogP contribution in [-0.2, 0) is 7.05 Å². The second-order valence-corrected chi connectivity index (χ2v) is 6.13. The predicted molar refractivity (Wildman–Crippen MR) is 107 cm³/mol. The van der Waals surface area contributed by atoms with E-state index in [1.807, 2.05) is 36.4 Å². The molecule has 1 N–H and O–H groups in total. The molecule has 1 aromatic carbocycles. The number of methoxy groups -OCH3 is 2. The monoisotopic (exact) mass is 360 g/mol. The van der Waals surface area contributed by atoms with Crippen LogP contribution in [0.15, 0.2) is 60.9 Å². The molecule has 0 saturated carbocycles. The number of hydrogen-bond donors (Lipinski definition) is 1. The van der Waals surface area contributed by atoms with Gasteiger partial charge in [0.1, 0.15) is 11.6 Å². The van der Waals surface area contributed by atoms with Gasteiger partial charge in [0.05, 0.1) is 31.6 Å². The number of aromatic nitrogens is 3. The maximum Gasteiger partial charge on any atom is 0.213 e. The molecule has 3 aromatic heterocycles. The average molecular weight is 360 g/mol. The van der Waals surface area contributed by atoms with Gasteiger partial charge in [-0.1, -0.05) is 12.1 Å². The minimum absolute atomic E-state index is 0.576. The summed E-state index contributed by atoms with van der Waals surface area (Å²) in [6, 6.07) is 15.9. The number of benzene rings is 1. The van der Waals surface area contributed by atoms with Gasteiger partial charge in [-0.15, -0.1) is 0 Å². The third kappa shape index (κ3) is 3.17. The molecular formula is C21H20N4O2. The summed E-state index contributed by atoms with van der Waals surface area (Å²) < 4.78 is 12.6. The molecule has 4 aromatic rings. The minimum atomic E-state index is 0.576. The second-order valence-electron chi connectivity index (χ2n) is 6.13. The summed E-state index contributed by atoms with van der Waals surface area (Å²) in [5, 5.41) is 4.38. The van der Waals surface area contributed by atoms with Gasteiger partial charge in [-0.3, -0.25) is 0 Å². The van der Waals surface area contributed by atoms with Crippen molar-refractivity contribution in [3.05, 3.63) is 60.9 Å². The van der Waals surface area contributed by atoms with Crippen molar-refractivity contribution in [3.8, 4) is 22.9 Å². The Labute approximate surface area is 157 Å². The van der Waals surface area contributed by atoms with Crippen molar-refractivity contribution in [2.45, 2.75) is 0 Å². The molecule has 0 spiro atoms. The molecule has 6 heteroatoms. The summed E-state index contributed by atoms with van der Waals surface area (Å²) in [6.45, 7) is 0. The Morgan fingerprint density at radius 2 is 1.85 bits per heavy atom. The van der Waals surface area contributed by atoms with Crippen LogP contribution in [-0.4, -0.2) is 28.8 Å². The van der Waals surface area contributed by atoms with Crippen LogP contribution in [0.4, 0.5) is 11.5 Å². The molecule has 0 aliphatic rings. The maximum atomic E-state index is 5.36. The highest BCUT2D eigenvalue weighted by atomic mass is 16.5. The van der Waals surface area contributed by atoms with Crippen LogP contribution in [0.3, 0.4) is 0 Å². The zero-order valence-electron chi connectivity index (χ0n) is 15.4. The van der Waals surface area contributed by atoms with E-state index < -0.39 is 0 Å².